The molecular weight excluding hydrogens is 200 g/mol. The Balaban J connectivity index is 2.82. The Morgan fingerprint density at radius 2 is 2.33 bits per heavy atom. The molecule has 0 aliphatic rings. The Morgan fingerprint density at radius 1 is 1.60 bits per heavy atom. The molecule has 15 heavy (non-hydrogen) atoms. The lowest BCUT2D eigenvalue weighted by atomic mass is 10.1. The van der Waals surface area contributed by atoms with E-state index in [-0.39, 0.29) is 18.0 Å². The SMILES string of the molecule is [N-]=[N+]=NCCc1ccc([N+](=O)[O-])c(O)c1. The highest BCUT2D eigenvalue weighted by Gasteiger charge is 2.12. The lowest BCUT2D eigenvalue weighted by Crippen LogP contribution is -1.92. The minimum Gasteiger partial charge on any atom is -0.502 e. The zero-order valence-electron chi connectivity index (χ0n) is 7.70. The van der Waals surface area contributed by atoms with Crippen LogP contribution in [0.25, 0.3) is 10.4 Å². The molecule has 0 atom stereocenters. The van der Waals surface area contributed by atoms with Gasteiger partial charge in [0, 0.05) is 17.5 Å². The molecular formula is C8H8N4O3. The van der Waals surface area contributed by atoms with Crippen molar-refractivity contribution in [2.24, 2.45) is 5.11 Å². The maximum absolute atomic E-state index is 10.4. The maximum atomic E-state index is 10.4. The molecule has 78 valence electrons. The van der Waals surface area contributed by atoms with E-state index in [0.29, 0.717) is 12.0 Å². The molecule has 1 N–H and O–H groups in total. The van der Waals surface area contributed by atoms with Gasteiger partial charge in [-0.15, -0.1) is 0 Å². The van der Waals surface area contributed by atoms with Gasteiger partial charge in [0.15, 0.2) is 5.75 Å². The first-order valence-electron chi connectivity index (χ1n) is 4.12. The number of nitrogens with zero attached hydrogens (tertiary/aromatic N) is 4. The second-order valence-corrected chi connectivity index (χ2v) is 2.78. The zero-order valence-corrected chi connectivity index (χ0v) is 7.70. The summed E-state index contributed by atoms with van der Waals surface area (Å²) in [5.74, 6) is -0.376. The fourth-order valence-electron chi connectivity index (χ4n) is 1.10. The number of aromatic hydroxyl groups is 1. The average molecular weight is 208 g/mol. The van der Waals surface area contributed by atoms with Crippen LogP contribution in [0.5, 0.6) is 5.75 Å². The summed E-state index contributed by atoms with van der Waals surface area (Å²) in [5.41, 5.74) is 8.39. The molecule has 0 aromatic heterocycles. The summed E-state index contributed by atoms with van der Waals surface area (Å²) in [6.45, 7) is 0.258. The fourth-order valence-corrected chi connectivity index (χ4v) is 1.10. The van der Waals surface area contributed by atoms with Crippen LogP contribution in [0.3, 0.4) is 0 Å². The molecule has 7 heteroatoms. The lowest BCUT2D eigenvalue weighted by molar-refractivity contribution is -0.385. The van der Waals surface area contributed by atoms with Crippen LogP contribution in [0.1, 0.15) is 5.56 Å². The molecule has 0 spiro atoms. The summed E-state index contributed by atoms with van der Waals surface area (Å²) in [4.78, 5) is 12.3. The van der Waals surface area contributed by atoms with Gasteiger partial charge in [-0.3, -0.25) is 10.1 Å². The second-order valence-electron chi connectivity index (χ2n) is 2.78. The summed E-state index contributed by atoms with van der Waals surface area (Å²) < 4.78 is 0. The minimum atomic E-state index is -0.660. The number of phenolic OH excluding ortho intramolecular Hbond substituents is 1. The molecule has 7 nitrogen and oxygen atoms in total. The van der Waals surface area contributed by atoms with Gasteiger partial charge in [0.05, 0.1) is 4.92 Å². The van der Waals surface area contributed by atoms with Crippen LogP contribution in [-0.2, 0) is 6.42 Å². The quantitative estimate of drug-likeness (QED) is 0.269. The van der Waals surface area contributed by atoms with E-state index in [1.165, 1.54) is 18.2 Å². The third kappa shape index (κ3) is 2.85. The summed E-state index contributed by atoms with van der Waals surface area (Å²) in [6, 6.07) is 4.04. The van der Waals surface area contributed by atoms with Crippen LogP contribution < -0.4 is 0 Å². The highest BCUT2D eigenvalue weighted by molar-refractivity contribution is 5.47. The van der Waals surface area contributed by atoms with E-state index in [0.717, 1.165) is 0 Å². The molecule has 0 aliphatic heterocycles. The van der Waals surface area contributed by atoms with Gasteiger partial charge < -0.3 is 5.11 Å². The Labute approximate surface area is 84.7 Å². The second kappa shape index (κ2) is 4.83. The van der Waals surface area contributed by atoms with Crippen molar-refractivity contribution in [3.05, 3.63) is 44.3 Å². The van der Waals surface area contributed by atoms with E-state index < -0.39 is 4.92 Å². The van der Waals surface area contributed by atoms with Crippen LogP contribution >= 0.6 is 0 Å². The average Bonchev–Trinajstić information content (AvgIpc) is 2.17. The number of nitro benzene ring substituents is 1. The summed E-state index contributed by atoms with van der Waals surface area (Å²) >= 11 is 0. The van der Waals surface area contributed by atoms with E-state index in [1.807, 2.05) is 0 Å². The van der Waals surface area contributed by atoms with Gasteiger partial charge in [0.25, 0.3) is 0 Å². The first-order chi connectivity index (χ1) is 7.15. The van der Waals surface area contributed by atoms with Crippen molar-refractivity contribution in [2.45, 2.75) is 6.42 Å². The molecule has 0 radical (unpaired) electrons. The van der Waals surface area contributed by atoms with Crippen LogP contribution in [0, 0.1) is 10.1 Å². The molecule has 0 fully saturated rings. The number of hydrogen-bond acceptors (Lipinski definition) is 4. The normalized spacial score (nSPS) is 9.33. The molecule has 0 aliphatic carbocycles. The van der Waals surface area contributed by atoms with E-state index in [1.54, 1.807) is 0 Å². The molecule has 0 heterocycles. The van der Waals surface area contributed by atoms with Crippen molar-refractivity contribution in [1.29, 1.82) is 0 Å². The van der Waals surface area contributed by atoms with Gasteiger partial charge >= 0.3 is 5.69 Å². The van der Waals surface area contributed by atoms with Gasteiger partial charge in [0.1, 0.15) is 0 Å². The van der Waals surface area contributed by atoms with Crippen molar-refractivity contribution in [2.75, 3.05) is 6.54 Å². The molecule has 0 amide bonds. The molecule has 0 saturated heterocycles. The molecule has 0 saturated carbocycles. The highest BCUT2D eigenvalue weighted by Crippen LogP contribution is 2.26. The predicted octanol–water partition coefficient (Wildman–Crippen LogP) is 2.15. The summed E-state index contributed by atoms with van der Waals surface area (Å²) in [7, 11) is 0. The summed E-state index contributed by atoms with van der Waals surface area (Å²) in [6.07, 6.45) is 0.440. The van der Waals surface area contributed by atoms with Gasteiger partial charge in [0.2, 0.25) is 0 Å². The number of azide groups is 1. The minimum absolute atomic E-state index is 0.258. The topological polar surface area (TPSA) is 112 Å². The van der Waals surface area contributed by atoms with Crippen molar-refractivity contribution >= 4 is 5.69 Å². The van der Waals surface area contributed by atoms with Crippen molar-refractivity contribution < 1.29 is 10.0 Å². The van der Waals surface area contributed by atoms with Crippen molar-refractivity contribution in [1.82, 2.24) is 0 Å². The number of rotatable bonds is 4. The van der Waals surface area contributed by atoms with Gasteiger partial charge in [-0.05, 0) is 23.6 Å². The third-order valence-electron chi connectivity index (χ3n) is 1.80. The lowest BCUT2D eigenvalue weighted by Gasteiger charge is -1.99. The fraction of sp³-hybridized carbons (Fsp3) is 0.250. The molecule has 0 bridgehead atoms. The Morgan fingerprint density at radius 3 is 2.87 bits per heavy atom. The van der Waals surface area contributed by atoms with Crippen LogP contribution in [0.4, 0.5) is 5.69 Å². The zero-order chi connectivity index (χ0) is 11.3. The standard InChI is InChI=1S/C8H8N4O3/c9-11-10-4-3-6-1-2-7(12(14)15)8(13)5-6/h1-2,5,13H,3-4H2. The van der Waals surface area contributed by atoms with Gasteiger partial charge in [-0.25, -0.2) is 0 Å². The Hall–Kier alpha value is -2.27. The number of nitro groups is 1. The Kier molecular flexibility index (Phi) is 3.48. The highest BCUT2D eigenvalue weighted by atomic mass is 16.6. The number of benzene rings is 1. The number of phenols is 1. The number of hydrogen-bond donors (Lipinski definition) is 1. The van der Waals surface area contributed by atoms with E-state index in [4.69, 9.17) is 5.53 Å². The first-order valence-corrected chi connectivity index (χ1v) is 4.12. The third-order valence-corrected chi connectivity index (χ3v) is 1.80. The Bertz CT molecular complexity index is 426. The largest absolute Gasteiger partial charge is 0.502 e. The maximum Gasteiger partial charge on any atom is 0.310 e. The van der Waals surface area contributed by atoms with Crippen LogP contribution in [0.2, 0.25) is 0 Å². The molecule has 0 unspecified atom stereocenters. The summed E-state index contributed by atoms with van der Waals surface area (Å²) in [5, 5.41) is 23.0. The van der Waals surface area contributed by atoms with Crippen LogP contribution in [0.15, 0.2) is 23.3 Å². The van der Waals surface area contributed by atoms with Crippen molar-refractivity contribution in [3.8, 4) is 5.75 Å². The smallest absolute Gasteiger partial charge is 0.310 e. The monoisotopic (exact) mass is 208 g/mol. The van der Waals surface area contributed by atoms with Crippen molar-refractivity contribution in [3.63, 3.8) is 0 Å². The molecule has 1 rings (SSSR count). The predicted molar refractivity (Wildman–Crippen MR) is 52.5 cm³/mol. The van der Waals surface area contributed by atoms with Gasteiger partial charge in [-0.2, -0.15) is 0 Å². The first kappa shape index (κ1) is 10.8. The van der Waals surface area contributed by atoms with E-state index in [9.17, 15) is 15.2 Å². The van der Waals surface area contributed by atoms with E-state index in [2.05, 4.69) is 10.0 Å². The molecule has 1 aromatic rings. The van der Waals surface area contributed by atoms with Gasteiger partial charge in [-0.1, -0.05) is 11.2 Å². The van der Waals surface area contributed by atoms with E-state index >= 15 is 0 Å². The molecule has 1 aromatic carbocycles. The van der Waals surface area contributed by atoms with Crippen LogP contribution in [-0.4, -0.2) is 16.6 Å².